The molecule has 0 aromatic carbocycles. The Balaban J connectivity index is 1.44. The van der Waals surface area contributed by atoms with E-state index in [2.05, 4.69) is 42.2 Å². The maximum absolute atomic E-state index is 5.55. The van der Waals surface area contributed by atoms with Gasteiger partial charge >= 0.3 is 0 Å². The molecule has 1 aliphatic rings. The van der Waals surface area contributed by atoms with Crippen LogP contribution < -0.4 is 5.32 Å². The normalized spacial score (nSPS) is 17.3. The minimum Gasteiger partial charge on any atom is -0.354 e. The molecular weight excluding hydrogens is 342 g/mol. The second kappa shape index (κ2) is 8.22. The average molecular weight is 365 g/mol. The van der Waals surface area contributed by atoms with Crippen LogP contribution in [0.3, 0.4) is 0 Å². The molecule has 8 heteroatoms. The maximum atomic E-state index is 5.55. The third kappa shape index (κ3) is 4.11. The first-order valence-electron chi connectivity index (χ1n) is 9.37. The van der Waals surface area contributed by atoms with E-state index in [1.807, 2.05) is 30.6 Å². The van der Waals surface area contributed by atoms with Gasteiger partial charge in [0, 0.05) is 37.2 Å². The molecule has 4 heterocycles. The van der Waals surface area contributed by atoms with Crippen molar-refractivity contribution in [3.8, 4) is 11.5 Å². The van der Waals surface area contributed by atoms with E-state index < -0.39 is 0 Å². The quantitative estimate of drug-likeness (QED) is 0.683. The van der Waals surface area contributed by atoms with Crippen molar-refractivity contribution in [1.82, 2.24) is 30.0 Å². The number of likely N-dealkylation sites (tertiary alicyclic amines) is 1. The van der Waals surface area contributed by atoms with Crippen molar-refractivity contribution in [3.63, 3.8) is 0 Å². The molecule has 8 nitrogen and oxygen atoms in total. The predicted molar refractivity (Wildman–Crippen MR) is 101 cm³/mol. The van der Waals surface area contributed by atoms with Gasteiger partial charge in [-0.15, -0.1) is 0 Å². The molecule has 3 aromatic heterocycles. The smallest absolute Gasteiger partial charge is 0.244 e. The summed E-state index contributed by atoms with van der Waals surface area (Å²) in [6.45, 7) is 4.75. The Morgan fingerprint density at radius 2 is 2.11 bits per heavy atom. The zero-order valence-electron chi connectivity index (χ0n) is 15.4. The van der Waals surface area contributed by atoms with Gasteiger partial charge in [0.2, 0.25) is 17.7 Å². The summed E-state index contributed by atoms with van der Waals surface area (Å²) in [5, 5.41) is 7.30. The molecule has 1 atom stereocenters. The Morgan fingerprint density at radius 1 is 1.22 bits per heavy atom. The molecule has 0 saturated carbocycles. The van der Waals surface area contributed by atoms with Crippen LogP contribution in [0.15, 0.2) is 41.3 Å². The summed E-state index contributed by atoms with van der Waals surface area (Å²) in [5.41, 5.74) is 1.80. The highest BCUT2D eigenvalue weighted by Crippen LogP contribution is 2.32. The van der Waals surface area contributed by atoms with Crippen molar-refractivity contribution >= 4 is 5.95 Å². The summed E-state index contributed by atoms with van der Waals surface area (Å²) in [6, 6.07) is 5.79. The van der Waals surface area contributed by atoms with Crippen LogP contribution in [0, 0.1) is 0 Å². The van der Waals surface area contributed by atoms with E-state index in [1.165, 1.54) is 0 Å². The predicted octanol–water partition coefficient (Wildman–Crippen LogP) is 3.08. The Hall–Kier alpha value is -2.87. The van der Waals surface area contributed by atoms with E-state index in [0.29, 0.717) is 17.7 Å². The topological polar surface area (TPSA) is 92.9 Å². The molecule has 140 valence electrons. The highest BCUT2D eigenvalue weighted by atomic mass is 16.5. The lowest BCUT2D eigenvalue weighted by atomic mass is 10.2. The fourth-order valence-corrected chi connectivity index (χ4v) is 3.26. The molecule has 4 rings (SSSR count). The Morgan fingerprint density at radius 3 is 2.89 bits per heavy atom. The molecule has 0 amide bonds. The van der Waals surface area contributed by atoms with E-state index in [-0.39, 0.29) is 6.04 Å². The fourth-order valence-electron chi connectivity index (χ4n) is 3.26. The van der Waals surface area contributed by atoms with Crippen LogP contribution in [0.4, 0.5) is 5.95 Å². The Labute approximate surface area is 158 Å². The van der Waals surface area contributed by atoms with E-state index in [4.69, 9.17) is 4.52 Å². The van der Waals surface area contributed by atoms with E-state index in [9.17, 15) is 0 Å². The van der Waals surface area contributed by atoms with Crippen LogP contribution in [0.1, 0.15) is 43.7 Å². The van der Waals surface area contributed by atoms with Gasteiger partial charge < -0.3 is 9.84 Å². The minimum atomic E-state index is 0.118. The first-order chi connectivity index (χ1) is 13.3. The second-order valence-corrected chi connectivity index (χ2v) is 6.64. The maximum Gasteiger partial charge on any atom is 0.244 e. The van der Waals surface area contributed by atoms with E-state index in [0.717, 1.165) is 50.2 Å². The van der Waals surface area contributed by atoms with Gasteiger partial charge in [0.05, 0.1) is 6.04 Å². The standard InChI is InChI=1S/C19H23N7O/c1-2-8-21-19-22-11-14(12-23-19)13-26-10-5-7-16(26)18-24-17(25-27-18)15-6-3-4-9-20-15/h3-4,6,9,11-12,16H,2,5,7-8,10,13H2,1H3,(H,21,22,23). The highest BCUT2D eigenvalue weighted by Gasteiger charge is 2.31. The molecule has 0 spiro atoms. The van der Waals surface area contributed by atoms with E-state index in [1.54, 1.807) is 6.20 Å². The summed E-state index contributed by atoms with van der Waals surface area (Å²) >= 11 is 0. The Bertz CT molecular complexity index is 850. The van der Waals surface area contributed by atoms with Gasteiger partial charge in [-0.2, -0.15) is 4.98 Å². The van der Waals surface area contributed by atoms with Crippen LogP contribution in [0.5, 0.6) is 0 Å². The lowest BCUT2D eigenvalue weighted by molar-refractivity contribution is 0.201. The molecule has 0 aliphatic carbocycles. The minimum absolute atomic E-state index is 0.118. The first kappa shape index (κ1) is 17.5. The molecule has 0 bridgehead atoms. The number of hydrogen-bond acceptors (Lipinski definition) is 8. The zero-order chi connectivity index (χ0) is 18.5. The molecule has 1 fully saturated rings. The van der Waals surface area contributed by atoms with Gasteiger partial charge in [0.1, 0.15) is 5.69 Å². The summed E-state index contributed by atoms with van der Waals surface area (Å²) in [6.07, 6.45) is 8.64. The molecule has 0 radical (unpaired) electrons. The molecule has 3 aromatic rings. The molecule has 1 unspecified atom stereocenters. The third-order valence-corrected chi connectivity index (χ3v) is 4.61. The summed E-state index contributed by atoms with van der Waals surface area (Å²) in [7, 11) is 0. The van der Waals surface area contributed by atoms with Gasteiger partial charge in [-0.05, 0) is 37.9 Å². The lowest BCUT2D eigenvalue weighted by Gasteiger charge is -2.21. The third-order valence-electron chi connectivity index (χ3n) is 4.61. The number of anilines is 1. The first-order valence-corrected chi connectivity index (χ1v) is 9.37. The van der Waals surface area contributed by atoms with Gasteiger partial charge in [0.25, 0.3) is 0 Å². The lowest BCUT2D eigenvalue weighted by Crippen LogP contribution is -2.23. The fraction of sp³-hybridized carbons (Fsp3) is 0.421. The largest absolute Gasteiger partial charge is 0.354 e. The number of hydrogen-bond donors (Lipinski definition) is 1. The number of aromatic nitrogens is 5. The van der Waals surface area contributed by atoms with Crippen LogP contribution in [-0.4, -0.2) is 43.1 Å². The van der Waals surface area contributed by atoms with Crippen molar-refractivity contribution in [2.75, 3.05) is 18.4 Å². The van der Waals surface area contributed by atoms with Crippen LogP contribution in [0.25, 0.3) is 11.5 Å². The molecule has 27 heavy (non-hydrogen) atoms. The number of nitrogens with zero attached hydrogens (tertiary/aromatic N) is 6. The second-order valence-electron chi connectivity index (χ2n) is 6.64. The van der Waals surface area contributed by atoms with E-state index >= 15 is 0 Å². The average Bonchev–Trinajstić information content (AvgIpc) is 3.37. The van der Waals surface area contributed by atoms with Gasteiger partial charge in [-0.3, -0.25) is 9.88 Å². The number of nitrogens with one attached hydrogen (secondary N) is 1. The van der Waals surface area contributed by atoms with Crippen molar-refractivity contribution in [1.29, 1.82) is 0 Å². The molecule has 1 N–H and O–H groups in total. The molecule has 1 saturated heterocycles. The SMILES string of the molecule is CCCNc1ncc(CN2CCCC2c2nc(-c3ccccn3)no2)cn1. The molecular formula is C19H23N7O. The van der Waals surface area contributed by atoms with Gasteiger partial charge in [-0.1, -0.05) is 18.1 Å². The summed E-state index contributed by atoms with van der Waals surface area (Å²) in [5.74, 6) is 1.86. The van der Waals surface area contributed by atoms with Crippen molar-refractivity contribution in [2.45, 2.75) is 38.8 Å². The number of rotatable bonds is 7. The highest BCUT2D eigenvalue weighted by molar-refractivity contribution is 5.47. The van der Waals surface area contributed by atoms with Crippen molar-refractivity contribution in [3.05, 3.63) is 48.2 Å². The Kier molecular flexibility index (Phi) is 5.34. The monoisotopic (exact) mass is 365 g/mol. The zero-order valence-corrected chi connectivity index (χ0v) is 15.4. The molecule has 1 aliphatic heterocycles. The number of pyridine rings is 1. The van der Waals surface area contributed by atoms with Crippen LogP contribution in [0.2, 0.25) is 0 Å². The van der Waals surface area contributed by atoms with Gasteiger partial charge in [0.15, 0.2) is 0 Å². The summed E-state index contributed by atoms with van der Waals surface area (Å²) in [4.78, 5) is 20.0. The van der Waals surface area contributed by atoms with Crippen molar-refractivity contribution < 1.29 is 4.52 Å². The van der Waals surface area contributed by atoms with Crippen molar-refractivity contribution in [2.24, 2.45) is 0 Å². The summed E-state index contributed by atoms with van der Waals surface area (Å²) < 4.78 is 5.55. The van der Waals surface area contributed by atoms with Crippen LogP contribution in [-0.2, 0) is 6.54 Å². The van der Waals surface area contributed by atoms with Gasteiger partial charge in [-0.25, -0.2) is 9.97 Å². The van der Waals surface area contributed by atoms with Crippen LogP contribution >= 0.6 is 0 Å².